The van der Waals surface area contributed by atoms with Crippen molar-refractivity contribution in [1.29, 1.82) is 0 Å². The molecule has 150 valence electrons. The highest BCUT2D eigenvalue weighted by atomic mass is 19.4. The van der Waals surface area contributed by atoms with E-state index in [4.69, 9.17) is 9.57 Å². The molecule has 2 rings (SSSR count). The van der Waals surface area contributed by atoms with Crippen LogP contribution in [0.5, 0.6) is 5.75 Å². The first-order valence-electron chi connectivity index (χ1n) is 8.88. The van der Waals surface area contributed by atoms with Crippen molar-refractivity contribution in [2.24, 2.45) is 10.1 Å². The Kier molecular flexibility index (Phi) is 7.61. The Morgan fingerprint density at radius 3 is 2.39 bits per heavy atom. The second-order valence-corrected chi connectivity index (χ2v) is 6.09. The van der Waals surface area contributed by atoms with Crippen LogP contribution in [0.2, 0.25) is 0 Å². The van der Waals surface area contributed by atoms with Crippen LogP contribution in [0.15, 0.2) is 58.7 Å². The lowest BCUT2D eigenvalue weighted by Gasteiger charge is -2.11. The van der Waals surface area contributed by atoms with Gasteiger partial charge in [0.25, 0.3) is 0 Å². The Morgan fingerprint density at radius 1 is 1.07 bits per heavy atom. The second kappa shape index (κ2) is 9.92. The number of benzene rings is 2. The largest absolute Gasteiger partial charge is 0.489 e. The van der Waals surface area contributed by atoms with Crippen LogP contribution in [0.1, 0.15) is 37.0 Å². The Morgan fingerprint density at radius 2 is 1.79 bits per heavy atom. The summed E-state index contributed by atoms with van der Waals surface area (Å²) >= 11 is 0. The SMILES string of the molecule is CCCO/N=C(\C)C(=NC)c1ccc(OCc2cccc(C(F)(F)F)c2)cc1. The van der Waals surface area contributed by atoms with Crippen LogP contribution in [0.25, 0.3) is 0 Å². The molecule has 0 aromatic heterocycles. The van der Waals surface area contributed by atoms with E-state index in [1.165, 1.54) is 6.07 Å². The molecule has 0 aliphatic heterocycles. The number of oxime groups is 1. The second-order valence-electron chi connectivity index (χ2n) is 6.09. The van der Waals surface area contributed by atoms with Crippen molar-refractivity contribution in [1.82, 2.24) is 0 Å². The van der Waals surface area contributed by atoms with Gasteiger partial charge in [0.05, 0.1) is 11.3 Å². The van der Waals surface area contributed by atoms with E-state index in [1.807, 2.05) is 26.0 Å². The van der Waals surface area contributed by atoms with E-state index in [1.54, 1.807) is 25.2 Å². The quantitative estimate of drug-likeness (QED) is 0.338. The van der Waals surface area contributed by atoms with Crippen molar-refractivity contribution in [2.45, 2.75) is 33.1 Å². The Hall–Kier alpha value is -2.83. The van der Waals surface area contributed by atoms with Gasteiger partial charge in [0.2, 0.25) is 0 Å². The molecule has 0 atom stereocenters. The van der Waals surface area contributed by atoms with Crippen molar-refractivity contribution in [2.75, 3.05) is 13.7 Å². The number of nitrogens with zero attached hydrogens (tertiary/aromatic N) is 2. The molecule has 0 amide bonds. The molecule has 0 N–H and O–H groups in total. The summed E-state index contributed by atoms with van der Waals surface area (Å²) in [5.74, 6) is 0.549. The van der Waals surface area contributed by atoms with Gasteiger partial charge in [0.15, 0.2) is 0 Å². The van der Waals surface area contributed by atoms with Gasteiger partial charge in [-0.05, 0) is 55.3 Å². The maximum absolute atomic E-state index is 12.8. The van der Waals surface area contributed by atoms with Crippen LogP contribution in [0.4, 0.5) is 13.2 Å². The van der Waals surface area contributed by atoms with Gasteiger partial charge in [-0.3, -0.25) is 4.99 Å². The van der Waals surface area contributed by atoms with Gasteiger partial charge in [0.1, 0.15) is 24.7 Å². The molecule has 0 aliphatic carbocycles. The minimum atomic E-state index is -4.37. The molecule has 4 nitrogen and oxygen atoms in total. The molecular formula is C21H23F3N2O2. The van der Waals surface area contributed by atoms with Crippen LogP contribution in [0, 0.1) is 0 Å². The van der Waals surface area contributed by atoms with Gasteiger partial charge in [-0.2, -0.15) is 13.2 Å². The Balaban J connectivity index is 2.04. The molecule has 0 unspecified atom stereocenters. The summed E-state index contributed by atoms with van der Waals surface area (Å²) in [7, 11) is 1.67. The first kappa shape index (κ1) is 21.5. The number of hydrogen-bond donors (Lipinski definition) is 0. The van der Waals surface area contributed by atoms with Crippen LogP contribution >= 0.6 is 0 Å². The molecule has 0 bridgehead atoms. The average Bonchev–Trinajstić information content (AvgIpc) is 2.68. The lowest BCUT2D eigenvalue weighted by Crippen LogP contribution is -2.13. The van der Waals surface area contributed by atoms with E-state index in [9.17, 15) is 13.2 Å². The van der Waals surface area contributed by atoms with Gasteiger partial charge < -0.3 is 9.57 Å². The van der Waals surface area contributed by atoms with E-state index in [2.05, 4.69) is 10.1 Å². The fourth-order valence-electron chi connectivity index (χ4n) is 2.49. The molecule has 7 heteroatoms. The molecule has 2 aromatic rings. The predicted octanol–water partition coefficient (Wildman–Crippen LogP) is 5.51. The van der Waals surface area contributed by atoms with Gasteiger partial charge in [-0.25, -0.2) is 0 Å². The first-order chi connectivity index (χ1) is 13.3. The molecule has 0 saturated heterocycles. The number of halogens is 3. The molecule has 0 spiro atoms. The minimum absolute atomic E-state index is 0.0450. The molecule has 2 aromatic carbocycles. The number of aliphatic imine (C=N–C) groups is 1. The third-order valence-corrected chi connectivity index (χ3v) is 3.85. The normalized spacial score (nSPS) is 12.8. The lowest BCUT2D eigenvalue weighted by atomic mass is 10.1. The van der Waals surface area contributed by atoms with E-state index in [-0.39, 0.29) is 6.61 Å². The van der Waals surface area contributed by atoms with Crippen LogP contribution < -0.4 is 4.74 Å². The van der Waals surface area contributed by atoms with E-state index >= 15 is 0 Å². The van der Waals surface area contributed by atoms with Gasteiger partial charge >= 0.3 is 6.18 Å². The number of ether oxygens (including phenoxy) is 1. The number of rotatable bonds is 8. The van der Waals surface area contributed by atoms with Gasteiger partial charge in [-0.1, -0.05) is 24.2 Å². The molecule has 0 fully saturated rings. The smallest absolute Gasteiger partial charge is 0.416 e. The highest BCUT2D eigenvalue weighted by Gasteiger charge is 2.30. The third kappa shape index (κ3) is 6.11. The summed E-state index contributed by atoms with van der Waals surface area (Å²) in [6.45, 7) is 4.40. The standard InChI is InChI=1S/C21H23F3N2O2/c1-4-12-28-26-15(2)20(25-3)17-8-10-19(11-9-17)27-14-16-6-5-7-18(13-16)21(22,23)24/h5-11,13H,4,12,14H2,1-3H3/b25-20?,26-15+. The highest BCUT2D eigenvalue weighted by molar-refractivity contribution is 6.47. The monoisotopic (exact) mass is 392 g/mol. The van der Waals surface area contributed by atoms with Crippen LogP contribution in [-0.2, 0) is 17.6 Å². The third-order valence-electron chi connectivity index (χ3n) is 3.85. The molecule has 0 aliphatic rings. The zero-order chi connectivity index (χ0) is 20.6. The van der Waals surface area contributed by atoms with Gasteiger partial charge in [-0.15, -0.1) is 0 Å². The summed E-state index contributed by atoms with van der Waals surface area (Å²) in [4.78, 5) is 9.45. The summed E-state index contributed by atoms with van der Waals surface area (Å²) in [5, 5.41) is 4.05. The molecule has 28 heavy (non-hydrogen) atoms. The van der Waals surface area contributed by atoms with E-state index in [0.717, 1.165) is 24.1 Å². The Bertz CT molecular complexity index is 828. The Labute approximate surface area is 162 Å². The van der Waals surface area contributed by atoms with Crippen molar-refractivity contribution < 1.29 is 22.7 Å². The summed E-state index contributed by atoms with van der Waals surface area (Å²) in [5.41, 5.74) is 1.96. The lowest BCUT2D eigenvalue weighted by molar-refractivity contribution is -0.137. The average molecular weight is 392 g/mol. The fraction of sp³-hybridized carbons (Fsp3) is 0.333. The zero-order valence-electron chi connectivity index (χ0n) is 16.1. The summed E-state index contributed by atoms with van der Waals surface area (Å²) in [6, 6.07) is 12.2. The minimum Gasteiger partial charge on any atom is -0.489 e. The zero-order valence-corrected chi connectivity index (χ0v) is 16.1. The van der Waals surface area contributed by atoms with Crippen molar-refractivity contribution >= 4 is 11.4 Å². The topological polar surface area (TPSA) is 43.2 Å². The van der Waals surface area contributed by atoms with Crippen molar-refractivity contribution in [3.05, 3.63) is 65.2 Å². The molecule has 0 saturated carbocycles. The highest BCUT2D eigenvalue weighted by Crippen LogP contribution is 2.29. The molecular weight excluding hydrogens is 369 g/mol. The maximum Gasteiger partial charge on any atom is 0.416 e. The van der Waals surface area contributed by atoms with E-state index in [0.29, 0.717) is 29.3 Å². The summed E-state index contributed by atoms with van der Waals surface area (Å²) in [6.07, 6.45) is -3.50. The maximum atomic E-state index is 12.8. The van der Waals surface area contributed by atoms with Crippen LogP contribution in [0.3, 0.4) is 0 Å². The van der Waals surface area contributed by atoms with Crippen molar-refractivity contribution in [3.63, 3.8) is 0 Å². The van der Waals surface area contributed by atoms with Crippen molar-refractivity contribution in [3.8, 4) is 5.75 Å². The molecule has 0 radical (unpaired) electrons. The predicted molar refractivity (Wildman–Crippen MR) is 104 cm³/mol. The van der Waals surface area contributed by atoms with Gasteiger partial charge in [0, 0.05) is 12.6 Å². The molecule has 0 heterocycles. The van der Waals surface area contributed by atoms with Crippen LogP contribution in [-0.4, -0.2) is 25.1 Å². The number of hydrogen-bond acceptors (Lipinski definition) is 4. The fourth-order valence-corrected chi connectivity index (χ4v) is 2.49. The van der Waals surface area contributed by atoms with E-state index < -0.39 is 11.7 Å². The summed E-state index contributed by atoms with van der Waals surface area (Å²) < 4.78 is 43.9. The first-order valence-corrected chi connectivity index (χ1v) is 8.88. The number of alkyl halides is 3.